The van der Waals surface area contributed by atoms with Crippen LogP contribution in [0.2, 0.25) is 0 Å². The zero-order chi connectivity index (χ0) is 17.8. The summed E-state index contributed by atoms with van der Waals surface area (Å²) in [5.41, 5.74) is 8.12. The second-order valence-corrected chi connectivity index (χ2v) is 6.82. The Morgan fingerprint density at radius 3 is 2.32 bits per heavy atom. The molecule has 0 aliphatic heterocycles. The highest BCUT2D eigenvalue weighted by Crippen LogP contribution is 2.20. The molecule has 0 bridgehead atoms. The van der Waals surface area contributed by atoms with Crippen LogP contribution in [-0.4, -0.2) is 15.7 Å². The fourth-order valence-corrected chi connectivity index (χ4v) is 2.62. The summed E-state index contributed by atoms with van der Waals surface area (Å²) in [6.07, 6.45) is 0. The molecule has 1 aromatic heterocycles. The van der Waals surface area contributed by atoms with E-state index in [9.17, 15) is 0 Å². The van der Waals surface area contributed by atoms with Gasteiger partial charge in [0.25, 0.3) is 0 Å². The average Bonchev–Trinajstić information content (AvgIpc) is 2.60. The Labute approximate surface area is 156 Å². The van der Waals surface area contributed by atoms with E-state index in [0.717, 1.165) is 27.0 Å². The van der Waals surface area contributed by atoms with Gasteiger partial charge in [-0.3, -0.25) is 5.43 Å². The SMILES string of the molecule is C/C(=N\Nc1cc(C)nc(-c2ccc(Br)cc2)n1)c1ccc(C)cc1. The van der Waals surface area contributed by atoms with Gasteiger partial charge >= 0.3 is 0 Å². The molecule has 5 heteroatoms. The minimum atomic E-state index is 0.678. The topological polar surface area (TPSA) is 50.2 Å². The molecule has 0 amide bonds. The molecule has 0 aliphatic carbocycles. The molecule has 25 heavy (non-hydrogen) atoms. The molecule has 0 saturated carbocycles. The minimum Gasteiger partial charge on any atom is -0.261 e. The molecule has 126 valence electrons. The molecule has 2 aromatic carbocycles. The van der Waals surface area contributed by atoms with Crippen LogP contribution in [0.5, 0.6) is 0 Å². The van der Waals surface area contributed by atoms with E-state index in [4.69, 9.17) is 0 Å². The molecular formula is C20H19BrN4. The normalized spacial score (nSPS) is 11.4. The monoisotopic (exact) mass is 394 g/mol. The molecule has 0 unspecified atom stereocenters. The van der Waals surface area contributed by atoms with E-state index < -0.39 is 0 Å². The smallest absolute Gasteiger partial charge is 0.161 e. The molecule has 0 saturated heterocycles. The highest BCUT2D eigenvalue weighted by atomic mass is 79.9. The van der Waals surface area contributed by atoms with Gasteiger partial charge in [-0.25, -0.2) is 9.97 Å². The molecular weight excluding hydrogens is 376 g/mol. The van der Waals surface area contributed by atoms with Crippen molar-refractivity contribution in [1.29, 1.82) is 0 Å². The van der Waals surface area contributed by atoms with Gasteiger partial charge < -0.3 is 0 Å². The van der Waals surface area contributed by atoms with E-state index in [1.54, 1.807) is 0 Å². The van der Waals surface area contributed by atoms with Gasteiger partial charge in [-0.2, -0.15) is 5.10 Å². The highest BCUT2D eigenvalue weighted by Gasteiger charge is 2.05. The summed E-state index contributed by atoms with van der Waals surface area (Å²) in [7, 11) is 0. The van der Waals surface area contributed by atoms with Crippen LogP contribution in [0.15, 0.2) is 64.2 Å². The fraction of sp³-hybridized carbons (Fsp3) is 0.150. The molecule has 1 N–H and O–H groups in total. The standard InChI is InChI=1S/C20H19BrN4/c1-13-4-6-16(7-5-13)15(3)24-25-19-12-14(2)22-20(23-19)17-8-10-18(21)11-9-17/h4-12H,1-3H3,(H,22,23,25)/b24-15+. The van der Waals surface area contributed by atoms with Crippen LogP contribution in [0.1, 0.15) is 23.7 Å². The third kappa shape index (κ3) is 4.51. The van der Waals surface area contributed by atoms with E-state index in [2.05, 4.69) is 67.6 Å². The largest absolute Gasteiger partial charge is 0.261 e. The van der Waals surface area contributed by atoms with Gasteiger partial charge in [0.15, 0.2) is 11.6 Å². The van der Waals surface area contributed by atoms with E-state index >= 15 is 0 Å². The Morgan fingerprint density at radius 1 is 0.960 bits per heavy atom. The summed E-state index contributed by atoms with van der Waals surface area (Å²) in [5, 5.41) is 4.45. The molecule has 0 fully saturated rings. The van der Waals surface area contributed by atoms with Crippen molar-refractivity contribution in [3.8, 4) is 11.4 Å². The maximum absolute atomic E-state index is 4.57. The number of aromatic nitrogens is 2. The van der Waals surface area contributed by atoms with Crippen LogP contribution < -0.4 is 5.43 Å². The van der Waals surface area contributed by atoms with Crippen LogP contribution in [-0.2, 0) is 0 Å². The number of halogens is 1. The van der Waals surface area contributed by atoms with Crippen LogP contribution in [0.25, 0.3) is 11.4 Å². The predicted octanol–water partition coefficient (Wildman–Crippen LogP) is 5.36. The van der Waals surface area contributed by atoms with Crippen LogP contribution in [0.3, 0.4) is 0 Å². The molecule has 0 aliphatic rings. The zero-order valence-electron chi connectivity index (χ0n) is 14.4. The number of anilines is 1. The number of benzene rings is 2. The van der Waals surface area contributed by atoms with Crippen molar-refractivity contribution in [3.63, 3.8) is 0 Å². The van der Waals surface area contributed by atoms with Crippen molar-refractivity contribution in [3.05, 3.63) is 75.9 Å². The summed E-state index contributed by atoms with van der Waals surface area (Å²) in [4.78, 5) is 9.08. The maximum atomic E-state index is 4.57. The van der Waals surface area contributed by atoms with Crippen molar-refractivity contribution in [2.75, 3.05) is 5.43 Å². The molecule has 0 spiro atoms. The lowest BCUT2D eigenvalue weighted by Crippen LogP contribution is -2.03. The average molecular weight is 395 g/mol. The van der Waals surface area contributed by atoms with E-state index in [-0.39, 0.29) is 0 Å². The Kier molecular flexibility index (Phi) is 5.24. The Hall–Kier alpha value is -2.53. The van der Waals surface area contributed by atoms with Crippen LogP contribution in [0, 0.1) is 13.8 Å². The zero-order valence-corrected chi connectivity index (χ0v) is 16.0. The minimum absolute atomic E-state index is 0.678. The van der Waals surface area contributed by atoms with E-state index in [1.165, 1.54) is 5.56 Å². The van der Waals surface area contributed by atoms with Crippen molar-refractivity contribution in [1.82, 2.24) is 9.97 Å². The number of rotatable bonds is 4. The Balaban J connectivity index is 1.84. The van der Waals surface area contributed by atoms with E-state index in [1.807, 2.05) is 44.2 Å². The van der Waals surface area contributed by atoms with Gasteiger partial charge in [0.05, 0.1) is 5.71 Å². The summed E-state index contributed by atoms with van der Waals surface area (Å²) in [6, 6.07) is 18.1. The van der Waals surface area contributed by atoms with Gasteiger partial charge in [0.1, 0.15) is 0 Å². The number of hydrazone groups is 1. The summed E-state index contributed by atoms with van der Waals surface area (Å²) < 4.78 is 1.03. The van der Waals surface area contributed by atoms with Crippen molar-refractivity contribution >= 4 is 27.5 Å². The molecule has 3 rings (SSSR count). The summed E-state index contributed by atoms with van der Waals surface area (Å²) in [5.74, 6) is 1.36. The quantitative estimate of drug-likeness (QED) is 0.478. The first-order valence-electron chi connectivity index (χ1n) is 8.00. The van der Waals surface area contributed by atoms with Gasteiger partial charge in [0, 0.05) is 21.8 Å². The van der Waals surface area contributed by atoms with Crippen molar-refractivity contribution in [2.24, 2.45) is 5.10 Å². The van der Waals surface area contributed by atoms with Crippen LogP contribution in [0.4, 0.5) is 5.82 Å². The molecule has 1 heterocycles. The second-order valence-electron chi connectivity index (χ2n) is 5.90. The third-order valence-electron chi connectivity index (χ3n) is 3.76. The van der Waals surface area contributed by atoms with Crippen molar-refractivity contribution < 1.29 is 0 Å². The predicted molar refractivity (Wildman–Crippen MR) is 107 cm³/mol. The lowest BCUT2D eigenvalue weighted by Gasteiger charge is -2.07. The Bertz CT molecular complexity index is 900. The molecule has 3 aromatic rings. The maximum Gasteiger partial charge on any atom is 0.161 e. The highest BCUT2D eigenvalue weighted by molar-refractivity contribution is 9.10. The summed E-state index contributed by atoms with van der Waals surface area (Å²) in [6.45, 7) is 5.99. The summed E-state index contributed by atoms with van der Waals surface area (Å²) >= 11 is 3.44. The lowest BCUT2D eigenvalue weighted by atomic mass is 10.1. The van der Waals surface area contributed by atoms with E-state index in [0.29, 0.717) is 11.6 Å². The molecule has 0 radical (unpaired) electrons. The first-order chi connectivity index (χ1) is 12.0. The van der Waals surface area contributed by atoms with Gasteiger partial charge in [0.2, 0.25) is 0 Å². The second kappa shape index (κ2) is 7.57. The first kappa shape index (κ1) is 17.3. The number of nitrogens with zero attached hydrogens (tertiary/aromatic N) is 3. The number of nitrogens with one attached hydrogen (secondary N) is 1. The number of hydrogen-bond donors (Lipinski definition) is 1. The lowest BCUT2D eigenvalue weighted by molar-refractivity contribution is 1.09. The van der Waals surface area contributed by atoms with Crippen molar-refractivity contribution in [2.45, 2.75) is 20.8 Å². The first-order valence-corrected chi connectivity index (χ1v) is 8.79. The van der Waals surface area contributed by atoms with Crippen LogP contribution >= 0.6 is 15.9 Å². The third-order valence-corrected chi connectivity index (χ3v) is 4.29. The van der Waals surface area contributed by atoms with Gasteiger partial charge in [-0.1, -0.05) is 57.9 Å². The Morgan fingerprint density at radius 2 is 1.64 bits per heavy atom. The van der Waals surface area contributed by atoms with Gasteiger partial charge in [-0.05, 0) is 38.5 Å². The molecule has 0 atom stereocenters. The fourth-order valence-electron chi connectivity index (χ4n) is 2.35. The number of hydrogen-bond acceptors (Lipinski definition) is 4. The number of aryl methyl sites for hydroxylation is 2. The van der Waals surface area contributed by atoms with Gasteiger partial charge in [-0.15, -0.1) is 0 Å². The molecule has 4 nitrogen and oxygen atoms in total.